The van der Waals surface area contributed by atoms with Gasteiger partial charge in [-0.25, -0.2) is 4.98 Å². The minimum absolute atomic E-state index is 0.233. The largest absolute Gasteiger partial charge is 0.365 e. The van der Waals surface area contributed by atoms with Gasteiger partial charge in [-0.05, 0) is 20.8 Å². The third-order valence-electron chi connectivity index (χ3n) is 2.01. The van der Waals surface area contributed by atoms with Crippen LogP contribution in [0, 0.1) is 26.2 Å². The van der Waals surface area contributed by atoms with Gasteiger partial charge >= 0.3 is 0 Å². The van der Waals surface area contributed by atoms with Crippen molar-refractivity contribution in [3.05, 3.63) is 17.6 Å². The number of nitrogens with one attached hydrogen (secondary N) is 1. The van der Waals surface area contributed by atoms with E-state index in [1.165, 1.54) is 0 Å². The molecule has 0 aliphatic rings. The Hall–Kier alpha value is -1.56. The smallest absolute Gasteiger partial charge is 0.145 e. The van der Waals surface area contributed by atoms with Gasteiger partial charge in [-0.3, -0.25) is 4.98 Å². The Kier molecular flexibility index (Phi) is 3.47. The zero-order valence-corrected chi connectivity index (χ0v) is 8.83. The van der Waals surface area contributed by atoms with Crippen LogP contribution in [0.25, 0.3) is 0 Å². The van der Waals surface area contributed by atoms with Crippen molar-refractivity contribution < 1.29 is 0 Å². The molecule has 0 radical (unpaired) electrons. The van der Waals surface area contributed by atoms with Crippen LogP contribution in [-0.2, 0) is 0 Å². The fraction of sp³-hybridized carbons (Fsp3) is 0.455. The maximum Gasteiger partial charge on any atom is 0.145 e. The van der Waals surface area contributed by atoms with Crippen LogP contribution in [0.1, 0.15) is 24.7 Å². The van der Waals surface area contributed by atoms with Crippen molar-refractivity contribution in [2.45, 2.75) is 33.2 Å². The van der Waals surface area contributed by atoms with E-state index in [0.29, 0.717) is 6.42 Å². The van der Waals surface area contributed by atoms with Crippen LogP contribution in [0.4, 0.5) is 5.82 Å². The number of rotatable bonds is 3. The van der Waals surface area contributed by atoms with Gasteiger partial charge in [0.2, 0.25) is 0 Å². The van der Waals surface area contributed by atoms with E-state index in [9.17, 15) is 0 Å². The van der Waals surface area contributed by atoms with E-state index in [1.54, 1.807) is 6.20 Å². The molecule has 1 heterocycles. The monoisotopic (exact) mass is 189 g/mol. The predicted molar refractivity (Wildman–Crippen MR) is 58.0 cm³/mol. The number of terminal acetylenes is 1. The van der Waals surface area contributed by atoms with Gasteiger partial charge in [-0.15, -0.1) is 12.3 Å². The molecule has 0 fully saturated rings. The third kappa shape index (κ3) is 2.74. The first kappa shape index (κ1) is 10.5. The number of hydrogen-bond donors (Lipinski definition) is 1. The van der Waals surface area contributed by atoms with Crippen LogP contribution in [0.15, 0.2) is 6.20 Å². The Morgan fingerprint density at radius 1 is 1.50 bits per heavy atom. The standard InChI is InChI=1S/C11H15N3/c1-5-6-8(2)13-11-7-12-9(3)10(4)14-11/h1,7-8H,6H2,2-4H3,(H,13,14). The molecular formula is C11H15N3. The average molecular weight is 189 g/mol. The Morgan fingerprint density at radius 2 is 2.21 bits per heavy atom. The summed E-state index contributed by atoms with van der Waals surface area (Å²) in [6, 6.07) is 0.233. The van der Waals surface area contributed by atoms with Crippen LogP contribution in [0.3, 0.4) is 0 Å². The summed E-state index contributed by atoms with van der Waals surface area (Å²) in [6.07, 6.45) is 7.63. The third-order valence-corrected chi connectivity index (χ3v) is 2.01. The normalized spacial score (nSPS) is 11.9. The van der Waals surface area contributed by atoms with E-state index in [2.05, 4.69) is 21.2 Å². The van der Waals surface area contributed by atoms with Gasteiger partial charge < -0.3 is 5.32 Å². The molecule has 0 saturated carbocycles. The lowest BCUT2D eigenvalue weighted by atomic mass is 10.2. The molecular weight excluding hydrogens is 174 g/mol. The fourth-order valence-electron chi connectivity index (χ4n) is 1.09. The molecule has 1 aromatic heterocycles. The second-order valence-electron chi connectivity index (χ2n) is 3.38. The molecule has 0 aliphatic carbocycles. The molecule has 0 spiro atoms. The van der Waals surface area contributed by atoms with Crippen molar-refractivity contribution in [2.75, 3.05) is 5.32 Å². The summed E-state index contributed by atoms with van der Waals surface area (Å²) in [7, 11) is 0. The second-order valence-corrected chi connectivity index (χ2v) is 3.38. The van der Waals surface area contributed by atoms with Gasteiger partial charge in [0, 0.05) is 12.5 Å². The lowest BCUT2D eigenvalue weighted by Gasteiger charge is -2.11. The number of hydrogen-bond acceptors (Lipinski definition) is 3. The molecule has 1 aromatic rings. The molecule has 1 unspecified atom stereocenters. The summed E-state index contributed by atoms with van der Waals surface area (Å²) in [5.74, 6) is 3.39. The summed E-state index contributed by atoms with van der Waals surface area (Å²) >= 11 is 0. The molecule has 1 rings (SSSR count). The first-order chi connectivity index (χ1) is 6.63. The van der Waals surface area contributed by atoms with E-state index in [-0.39, 0.29) is 6.04 Å². The maximum absolute atomic E-state index is 5.21. The lowest BCUT2D eigenvalue weighted by molar-refractivity contribution is 0.816. The summed E-state index contributed by atoms with van der Waals surface area (Å²) in [5.41, 5.74) is 1.91. The SMILES string of the molecule is C#CCC(C)Nc1cnc(C)c(C)n1. The molecule has 0 amide bonds. The average Bonchev–Trinajstić information content (AvgIpc) is 2.12. The van der Waals surface area contributed by atoms with Crippen LogP contribution in [0.2, 0.25) is 0 Å². The van der Waals surface area contributed by atoms with Gasteiger partial charge in [0.05, 0.1) is 17.6 Å². The molecule has 74 valence electrons. The van der Waals surface area contributed by atoms with Crippen LogP contribution >= 0.6 is 0 Å². The molecule has 0 saturated heterocycles. The Labute approximate surface area is 85.0 Å². The van der Waals surface area contributed by atoms with Gasteiger partial charge in [0.15, 0.2) is 0 Å². The quantitative estimate of drug-likeness (QED) is 0.738. The molecule has 1 atom stereocenters. The number of aromatic nitrogens is 2. The number of aryl methyl sites for hydroxylation is 2. The van der Waals surface area contributed by atoms with E-state index in [4.69, 9.17) is 6.42 Å². The Balaban J connectivity index is 2.69. The van der Waals surface area contributed by atoms with Crippen molar-refractivity contribution >= 4 is 5.82 Å². The van der Waals surface area contributed by atoms with Crippen molar-refractivity contribution in [1.29, 1.82) is 0 Å². The van der Waals surface area contributed by atoms with Crippen LogP contribution in [-0.4, -0.2) is 16.0 Å². The first-order valence-corrected chi connectivity index (χ1v) is 4.63. The Morgan fingerprint density at radius 3 is 2.79 bits per heavy atom. The zero-order chi connectivity index (χ0) is 10.6. The van der Waals surface area contributed by atoms with Crippen molar-refractivity contribution in [3.63, 3.8) is 0 Å². The zero-order valence-electron chi connectivity index (χ0n) is 8.83. The molecule has 0 aliphatic heterocycles. The highest BCUT2D eigenvalue weighted by Crippen LogP contribution is 2.07. The van der Waals surface area contributed by atoms with E-state index in [0.717, 1.165) is 17.2 Å². The van der Waals surface area contributed by atoms with Crippen LogP contribution in [0.5, 0.6) is 0 Å². The highest BCUT2D eigenvalue weighted by atomic mass is 15.0. The molecule has 3 nitrogen and oxygen atoms in total. The van der Waals surface area contributed by atoms with Crippen molar-refractivity contribution in [3.8, 4) is 12.3 Å². The fourth-order valence-corrected chi connectivity index (χ4v) is 1.09. The topological polar surface area (TPSA) is 37.8 Å². The summed E-state index contributed by atoms with van der Waals surface area (Å²) in [4.78, 5) is 8.57. The second kappa shape index (κ2) is 4.61. The number of anilines is 1. The van der Waals surface area contributed by atoms with E-state index >= 15 is 0 Å². The molecule has 14 heavy (non-hydrogen) atoms. The van der Waals surface area contributed by atoms with E-state index < -0.39 is 0 Å². The predicted octanol–water partition coefficient (Wildman–Crippen LogP) is 1.92. The summed E-state index contributed by atoms with van der Waals surface area (Å²) in [5, 5.41) is 3.19. The molecule has 1 N–H and O–H groups in total. The molecule has 0 bridgehead atoms. The molecule has 0 aromatic carbocycles. The molecule has 3 heteroatoms. The van der Waals surface area contributed by atoms with Gasteiger partial charge in [-0.1, -0.05) is 0 Å². The van der Waals surface area contributed by atoms with Gasteiger partial charge in [-0.2, -0.15) is 0 Å². The first-order valence-electron chi connectivity index (χ1n) is 4.63. The van der Waals surface area contributed by atoms with Crippen molar-refractivity contribution in [2.24, 2.45) is 0 Å². The minimum atomic E-state index is 0.233. The minimum Gasteiger partial charge on any atom is -0.365 e. The van der Waals surface area contributed by atoms with Gasteiger partial charge in [0.1, 0.15) is 5.82 Å². The summed E-state index contributed by atoms with van der Waals surface area (Å²) < 4.78 is 0. The van der Waals surface area contributed by atoms with Gasteiger partial charge in [0.25, 0.3) is 0 Å². The lowest BCUT2D eigenvalue weighted by Crippen LogP contribution is -2.15. The highest BCUT2D eigenvalue weighted by molar-refractivity contribution is 5.34. The van der Waals surface area contributed by atoms with Crippen LogP contribution < -0.4 is 5.32 Å². The highest BCUT2D eigenvalue weighted by Gasteiger charge is 2.02. The van der Waals surface area contributed by atoms with E-state index in [1.807, 2.05) is 20.8 Å². The maximum atomic E-state index is 5.21. The summed E-state index contributed by atoms with van der Waals surface area (Å²) in [6.45, 7) is 5.91. The Bertz CT molecular complexity index is 352. The van der Waals surface area contributed by atoms with Crippen molar-refractivity contribution in [1.82, 2.24) is 9.97 Å². The number of nitrogens with zero attached hydrogens (tertiary/aromatic N) is 2.